The van der Waals surface area contributed by atoms with Crippen molar-refractivity contribution >= 4 is 29.2 Å². The molecule has 1 aromatic heterocycles. The lowest BCUT2D eigenvalue weighted by molar-refractivity contribution is 0.0175. The lowest BCUT2D eigenvalue weighted by Crippen LogP contribution is -2.42. The van der Waals surface area contributed by atoms with Crippen molar-refractivity contribution in [1.29, 1.82) is 0 Å². The van der Waals surface area contributed by atoms with E-state index in [1.165, 1.54) is 0 Å². The number of ether oxygens (including phenoxy) is 1. The van der Waals surface area contributed by atoms with E-state index in [0.29, 0.717) is 44.7 Å². The maximum absolute atomic E-state index is 13.1. The van der Waals surface area contributed by atoms with Crippen LogP contribution in [0.3, 0.4) is 0 Å². The maximum atomic E-state index is 13.1. The van der Waals surface area contributed by atoms with Gasteiger partial charge in [-0.1, -0.05) is 34.4 Å². The molecule has 3 atom stereocenters. The zero-order valence-corrected chi connectivity index (χ0v) is 16.2. The zero-order chi connectivity index (χ0) is 18.5. The molecule has 0 spiro atoms. The van der Waals surface area contributed by atoms with Crippen LogP contribution < -0.4 is 5.32 Å². The molecule has 2 aromatic rings. The van der Waals surface area contributed by atoms with Crippen LogP contribution in [0.5, 0.6) is 0 Å². The minimum Gasteiger partial charge on any atom is -0.459 e. The minimum absolute atomic E-state index is 0.0761. The molecule has 2 saturated heterocycles. The van der Waals surface area contributed by atoms with Crippen LogP contribution in [0.1, 0.15) is 60.6 Å². The Hall–Kier alpha value is -1.56. The van der Waals surface area contributed by atoms with Crippen molar-refractivity contribution < 1.29 is 14.1 Å². The number of hydrogen-bond donors (Lipinski definition) is 1. The van der Waals surface area contributed by atoms with Gasteiger partial charge in [0.1, 0.15) is 17.4 Å². The number of halogens is 2. The molecule has 3 fully saturated rings. The predicted molar refractivity (Wildman–Crippen MR) is 102 cm³/mol. The molecule has 1 aromatic carbocycles. The SMILES string of the molecule is O=C(O[C@@H]1C[C@H]2CC[C@@H](C1)N2)c1c(-c2c(Cl)cccc2Cl)noc1C1CC1. The highest BCUT2D eigenvalue weighted by Crippen LogP contribution is 2.46. The fraction of sp³-hybridized carbons (Fsp3) is 0.500. The van der Waals surface area contributed by atoms with Gasteiger partial charge in [-0.15, -0.1) is 0 Å². The average Bonchev–Trinajstić information content (AvgIpc) is 3.30. The van der Waals surface area contributed by atoms with Crippen molar-refractivity contribution in [3.05, 3.63) is 39.6 Å². The van der Waals surface area contributed by atoms with Crippen LogP contribution in [0, 0.1) is 0 Å². The van der Waals surface area contributed by atoms with Crippen molar-refractivity contribution in [2.75, 3.05) is 0 Å². The number of rotatable bonds is 4. The Morgan fingerprint density at radius 3 is 2.41 bits per heavy atom. The average molecular weight is 407 g/mol. The first-order chi connectivity index (χ1) is 13.1. The van der Waals surface area contributed by atoms with Crippen LogP contribution in [0.4, 0.5) is 0 Å². The van der Waals surface area contributed by atoms with Crippen molar-refractivity contribution in [3.63, 3.8) is 0 Å². The molecule has 3 aliphatic rings. The summed E-state index contributed by atoms with van der Waals surface area (Å²) in [5, 5.41) is 8.61. The molecule has 0 radical (unpaired) electrons. The Kier molecular flexibility index (Phi) is 4.42. The molecule has 0 unspecified atom stereocenters. The Balaban J connectivity index is 1.49. The van der Waals surface area contributed by atoms with E-state index in [4.69, 9.17) is 32.5 Å². The van der Waals surface area contributed by atoms with Gasteiger partial charge >= 0.3 is 5.97 Å². The van der Waals surface area contributed by atoms with Gasteiger partial charge in [-0.05, 0) is 50.7 Å². The predicted octanol–water partition coefficient (Wildman–Crippen LogP) is 4.97. The Labute approximate surface area is 167 Å². The van der Waals surface area contributed by atoms with Crippen molar-refractivity contribution in [3.8, 4) is 11.3 Å². The Bertz CT molecular complexity index is 861. The fourth-order valence-electron chi connectivity index (χ4n) is 4.33. The quantitative estimate of drug-likeness (QED) is 0.726. The highest BCUT2D eigenvalue weighted by molar-refractivity contribution is 6.39. The Morgan fingerprint density at radius 2 is 1.78 bits per heavy atom. The molecule has 0 amide bonds. The number of hydrogen-bond acceptors (Lipinski definition) is 5. The topological polar surface area (TPSA) is 64.4 Å². The largest absolute Gasteiger partial charge is 0.459 e. The van der Waals surface area contributed by atoms with Crippen LogP contribution in [0.15, 0.2) is 22.7 Å². The third kappa shape index (κ3) is 3.26. The summed E-state index contributed by atoms with van der Waals surface area (Å²) in [5.41, 5.74) is 1.29. The third-order valence-electron chi connectivity index (χ3n) is 5.77. The molecule has 1 saturated carbocycles. The summed E-state index contributed by atoms with van der Waals surface area (Å²) in [5.74, 6) is 0.442. The summed E-state index contributed by atoms with van der Waals surface area (Å²) in [7, 11) is 0. The van der Waals surface area contributed by atoms with E-state index < -0.39 is 0 Å². The van der Waals surface area contributed by atoms with Gasteiger partial charge in [-0.2, -0.15) is 0 Å². The van der Waals surface area contributed by atoms with E-state index in [-0.39, 0.29) is 18.0 Å². The molecule has 5 rings (SSSR count). The van der Waals surface area contributed by atoms with Gasteiger partial charge in [-0.25, -0.2) is 4.79 Å². The normalized spacial score (nSPS) is 27.0. The van der Waals surface area contributed by atoms with E-state index in [1.807, 2.05) is 0 Å². The summed E-state index contributed by atoms with van der Waals surface area (Å²) in [4.78, 5) is 13.1. The molecule has 1 aliphatic carbocycles. The van der Waals surface area contributed by atoms with Crippen LogP contribution in [0.25, 0.3) is 11.3 Å². The molecule has 142 valence electrons. The van der Waals surface area contributed by atoms with Gasteiger partial charge in [0.25, 0.3) is 0 Å². The number of carbonyl (C=O) groups is 1. The summed E-state index contributed by atoms with van der Waals surface area (Å²) in [6.45, 7) is 0. The van der Waals surface area contributed by atoms with Gasteiger partial charge in [0.05, 0.1) is 10.0 Å². The summed E-state index contributed by atoms with van der Waals surface area (Å²) in [6, 6.07) is 6.12. The van der Waals surface area contributed by atoms with Crippen LogP contribution in [-0.4, -0.2) is 29.3 Å². The molecule has 1 N–H and O–H groups in total. The number of benzene rings is 1. The first-order valence-electron chi connectivity index (χ1n) is 9.51. The molecule has 3 heterocycles. The van der Waals surface area contributed by atoms with Crippen LogP contribution in [-0.2, 0) is 4.74 Å². The molecule has 5 nitrogen and oxygen atoms in total. The summed E-state index contributed by atoms with van der Waals surface area (Å²) < 4.78 is 11.5. The molecule has 2 bridgehead atoms. The third-order valence-corrected chi connectivity index (χ3v) is 6.40. The van der Waals surface area contributed by atoms with E-state index >= 15 is 0 Å². The highest BCUT2D eigenvalue weighted by Gasteiger charge is 2.40. The van der Waals surface area contributed by atoms with E-state index in [9.17, 15) is 4.79 Å². The second-order valence-corrected chi connectivity index (χ2v) is 8.59. The number of piperidine rings is 1. The second-order valence-electron chi connectivity index (χ2n) is 7.78. The number of aromatic nitrogens is 1. The van der Waals surface area contributed by atoms with E-state index in [0.717, 1.165) is 38.5 Å². The summed E-state index contributed by atoms with van der Waals surface area (Å²) >= 11 is 12.7. The number of nitrogens with zero attached hydrogens (tertiary/aromatic N) is 1. The number of esters is 1. The molecule has 7 heteroatoms. The van der Waals surface area contributed by atoms with Crippen LogP contribution >= 0.6 is 23.2 Å². The van der Waals surface area contributed by atoms with Gasteiger partial charge < -0.3 is 14.6 Å². The first-order valence-corrected chi connectivity index (χ1v) is 10.3. The number of fused-ring (bicyclic) bond motifs is 2. The lowest BCUT2D eigenvalue weighted by atomic mass is 10.0. The standard InChI is InChI=1S/C20H20Cl2N2O3/c21-14-2-1-3-15(22)16(14)18-17(19(27-24-18)10-4-5-10)20(25)26-13-8-11-6-7-12(9-13)23-11/h1-3,10-13,23H,4-9H2/t11-,12+,13-. The van der Waals surface area contributed by atoms with E-state index in [2.05, 4.69) is 10.5 Å². The first kappa shape index (κ1) is 17.5. The van der Waals surface area contributed by atoms with Crippen molar-refractivity contribution in [2.24, 2.45) is 0 Å². The monoisotopic (exact) mass is 406 g/mol. The molecular weight excluding hydrogens is 387 g/mol. The minimum atomic E-state index is -0.379. The molecule has 27 heavy (non-hydrogen) atoms. The highest BCUT2D eigenvalue weighted by atomic mass is 35.5. The number of carbonyl (C=O) groups excluding carboxylic acids is 1. The van der Waals surface area contributed by atoms with Gasteiger partial charge in [-0.3, -0.25) is 0 Å². The maximum Gasteiger partial charge on any atom is 0.344 e. The lowest BCUT2D eigenvalue weighted by Gasteiger charge is -2.28. The van der Waals surface area contributed by atoms with E-state index in [1.54, 1.807) is 18.2 Å². The fourth-order valence-corrected chi connectivity index (χ4v) is 4.91. The van der Waals surface area contributed by atoms with Gasteiger partial charge in [0.15, 0.2) is 5.76 Å². The van der Waals surface area contributed by atoms with Crippen molar-refractivity contribution in [1.82, 2.24) is 10.5 Å². The smallest absolute Gasteiger partial charge is 0.344 e. The van der Waals surface area contributed by atoms with Gasteiger partial charge in [0, 0.05) is 23.6 Å². The zero-order valence-electron chi connectivity index (χ0n) is 14.7. The summed E-state index contributed by atoms with van der Waals surface area (Å²) in [6.07, 6.45) is 5.92. The molecular formula is C20H20Cl2N2O3. The van der Waals surface area contributed by atoms with Crippen LogP contribution in [0.2, 0.25) is 10.0 Å². The number of nitrogens with one attached hydrogen (secondary N) is 1. The van der Waals surface area contributed by atoms with Gasteiger partial charge in [0.2, 0.25) is 0 Å². The molecule has 2 aliphatic heterocycles. The Morgan fingerprint density at radius 1 is 1.11 bits per heavy atom. The van der Waals surface area contributed by atoms with Crippen molar-refractivity contribution in [2.45, 2.75) is 62.6 Å². The second kappa shape index (κ2) is 6.80.